The van der Waals surface area contributed by atoms with E-state index in [0.29, 0.717) is 23.4 Å². The third-order valence-corrected chi connectivity index (χ3v) is 7.55. The maximum atomic E-state index is 12.7. The van der Waals surface area contributed by atoms with E-state index in [1.807, 2.05) is 44.3 Å². The number of benzene rings is 2. The molecule has 0 aliphatic carbocycles. The number of amides is 1. The van der Waals surface area contributed by atoms with Crippen LogP contribution in [0.3, 0.4) is 0 Å². The number of nitrogens with one attached hydrogen (secondary N) is 2. The van der Waals surface area contributed by atoms with Gasteiger partial charge in [0.2, 0.25) is 10.0 Å². The number of nitrogens with zero attached hydrogens (tertiary/aromatic N) is 1. The molecule has 172 valence electrons. The smallest absolute Gasteiger partial charge is 0.264 e. The number of rotatable bonds is 8. The highest BCUT2D eigenvalue weighted by atomic mass is 35.5. The van der Waals surface area contributed by atoms with Crippen molar-refractivity contribution >= 4 is 49.2 Å². The van der Waals surface area contributed by atoms with E-state index in [1.165, 1.54) is 0 Å². The number of hydrogen-bond acceptors (Lipinski definition) is 4. The Bertz CT molecular complexity index is 1440. The fourth-order valence-corrected chi connectivity index (χ4v) is 5.38. The van der Waals surface area contributed by atoms with Crippen molar-refractivity contribution in [3.05, 3.63) is 76.2 Å². The number of carbonyl (C=O) groups excluding carboxylic acids is 1. The number of pyridine rings is 1. The Morgan fingerprint density at radius 3 is 2.70 bits per heavy atom. The van der Waals surface area contributed by atoms with Crippen LogP contribution in [0.15, 0.2) is 48.7 Å². The number of aromatic nitrogens is 2. The molecule has 0 fully saturated rings. The predicted molar refractivity (Wildman–Crippen MR) is 133 cm³/mol. The number of sulfonamides is 1. The number of halogens is 1. The van der Waals surface area contributed by atoms with Gasteiger partial charge in [-0.2, -0.15) is 0 Å². The van der Waals surface area contributed by atoms with Gasteiger partial charge in [0.05, 0.1) is 16.5 Å². The monoisotopic (exact) mass is 483 g/mol. The third-order valence-electron chi connectivity index (χ3n) is 5.80. The minimum absolute atomic E-state index is 0.0601. The van der Waals surface area contributed by atoms with Crippen molar-refractivity contribution in [2.45, 2.75) is 39.5 Å². The molecule has 2 aromatic carbocycles. The first kappa shape index (κ1) is 23.3. The average Bonchev–Trinajstić information content (AvgIpc) is 3.09. The third kappa shape index (κ3) is 5.04. The van der Waals surface area contributed by atoms with Gasteiger partial charge in [-0.1, -0.05) is 55.6 Å². The molecular weight excluding hydrogens is 458 g/mol. The van der Waals surface area contributed by atoms with Crippen molar-refractivity contribution in [1.82, 2.24) is 14.7 Å². The minimum Gasteiger partial charge on any atom is -0.358 e. The van der Waals surface area contributed by atoms with E-state index in [0.717, 1.165) is 51.5 Å². The SMILES string of the molecule is CCCCCS(=O)(=O)NC(=O)c1ccc2[nH]c(C)c(Cc3ncc4ccccc4c3Cl)c2c1. The van der Waals surface area contributed by atoms with Gasteiger partial charge < -0.3 is 4.98 Å². The van der Waals surface area contributed by atoms with Crippen LogP contribution in [0.5, 0.6) is 0 Å². The van der Waals surface area contributed by atoms with Gasteiger partial charge >= 0.3 is 0 Å². The fraction of sp³-hybridized carbons (Fsp3) is 0.280. The molecule has 0 aliphatic rings. The van der Waals surface area contributed by atoms with Crippen LogP contribution in [-0.4, -0.2) is 30.0 Å². The molecule has 8 heteroatoms. The van der Waals surface area contributed by atoms with Crippen molar-refractivity contribution in [2.24, 2.45) is 0 Å². The fourth-order valence-electron chi connectivity index (χ4n) is 4.00. The van der Waals surface area contributed by atoms with Crippen LogP contribution >= 0.6 is 11.6 Å². The topological polar surface area (TPSA) is 91.9 Å². The van der Waals surface area contributed by atoms with Gasteiger partial charge in [-0.25, -0.2) is 13.1 Å². The van der Waals surface area contributed by atoms with Gasteiger partial charge in [-0.15, -0.1) is 0 Å². The number of H-pyrrole nitrogens is 1. The van der Waals surface area contributed by atoms with Crippen molar-refractivity contribution in [3.8, 4) is 0 Å². The van der Waals surface area contributed by atoms with E-state index in [4.69, 9.17) is 11.6 Å². The molecule has 0 aliphatic heterocycles. The summed E-state index contributed by atoms with van der Waals surface area (Å²) >= 11 is 6.66. The molecule has 0 spiro atoms. The number of aromatic amines is 1. The van der Waals surface area contributed by atoms with Gasteiger partial charge in [0.15, 0.2) is 0 Å². The summed E-state index contributed by atoms with van der Waals surface area (Å²) in [7, 11) is -3.67. The summed E-state index contributed by atoms with van der Waals surface area (Å²) in [5.74, 6) is -0.685. The summed E-state index contributed by atoms with van der Waals surface area (Å²) < 4.78 is 26.7. The second kappa shape index (κ2) is 9.53. The van der Waals surface area contributed by atoms with E-state index in [1.54, 1.807) is 18.2 Å². The lowest BCUT2D eigenvalue weighted by atomic mass is 10.0. The second-order valence-electron chi connectivity index (χ2n) is 8.23. The van der Waals surface area contributed by atoms with Crippen LogP contribution in [0.4, 0.5) is 0 Å². The van der Waals surface area contributed by atoms with E-state index in [-0.39, 0.29) is 5.75 Å². The summed E-state index contributed by atoms with van der Waals surface area (Å²) in [6.45, 7) is 3.96. The maximum absolute atomic E-state index is 12.7. The van der Waals surface area contributed by atoms with E-state index < -0.39 is 15.9 Å². The highest BCUT2D eigenvalue weighted by molar-refractivity contribution is 7.90. The first-order valence-electron chi connectivity index (χ1n) is 11.0. The van der Waals surface area contributed by atoms with E-state index in [9.17, 15) is 13.2 Å². The number of unbranched alkanes of at least 4 members (excludes halogenated alkanes) is 2. The minimum atomic E-state index is -3.67. The predicted octanol–water partition coefficient (Wildman–Crippen LogP) is 5.52. The van der Waals surface area contributed by atoms with Crippen molar-refractivity contribution in [3.63, 3.8) is 0 Å². The molecule has 33 heavy (non-hydrogen) atoms. The van der Waals surface area contributed by atoms with Gasteiger partial charge in [-0.3, -0.25) is 9.78 Å². The highest BCUT2D eigenvalue weighted by Crippen LogP contribution is 2.31. The van der Waals surface area contributed by atoms with Gasteiger partial charge in [0.25, 0.3) is 5.91 Å². The molecule has 2 N–H and O–H groups in total. The Labute approximate surface area is 198 Å². The molecule has 2 aromatic heterocycles. The molecule has 0 saturated carbocycles. The summed E-state index contributed by atoms with van der Waals surface area (Å²) in [5.41, 5.74) is 3.81. The standard InChI is InChI=1S/C25H26ClN3O3S/c1-3-4-7-12-33(31,32)29-25(30)17-10-11-22-21(13-17)20(16(2)28-22)14-23-24(26)19-9-6-5-8-18(19)15-27-23/h5-6,8-11,13,15,28H,3-4,7,12,14H2,1-2H3,(H,29,30). The lowest BCUT2D eigenvalue weighted by molar-refractivity contribution is 0.0981. The molecule has 0 unspecified atom stereocenters. The Morgan fingerprint density at radius 2 is 1.91 bits per heavy atom. The van der Waals surface area contributed by atoms with Crippen molar-refractivity contribution in [1.29, 1.82) is 0 Å². The van der Waals surface area contributed by atoms with Crippen LogP contribution in [0, 0.1) is 6.92 Å². The van der Waals surface area contributed by atoms with Crippen LogP contribution in [0.2, 0.25) is 5.02 Å². The first-order valence-corrected chi connectivity index (χ1v) is 13.0. The van der Waals surface area contributed by atoms with Crippen LogP contribution in [0.1, 0.15) is 53.5 Å². The van der Waals surface area contributed by atoms with Gasteiger partial charge in [0.1, 0.15) is 0 Å². The number of fused-ring (bicyclic) bond motifs is 2. The maximum Gasteiger partial charge on any atom is 0.264 e. The molecule has 6 nitrogen and oxygen atoms in total. The Hall–Kier alpha value is -2.90. The summed E-state index contributed by atoms with van der Waals surface area (Å²) in [6, 6.07) is 13.0. The van der Waals surface area contributed by atoms with Gasteiger partial charge in [-0.05, 0) is 37.1 Å². The molecular formula is C25H26ClN3O3S. The molecule has 1 amide bonds. The van der Waals surface area contributed by atoms with Crippen molar-refractivity contribution < 1.29 is 13.2 Å². The van der Waals surface area contributed by atoms with Crippen LogP contribution in [0.25, 0.3) is 21.7 Å². The Kier molecular flexibility index (Phi) is 6.72. The lowest BCUT2D eigenvalue weighted by Gasteiger charge is -2.09. The zero-order valence-corrected chi connectivity index (χ0v) is 20.2. The molecule has 0 saturated heterocycles. The Balaban J connectivity index is 1.64. The van der Waals surface area contributed by atoms with E-state index in [2.05, 4.69) is 14.7 Å². The second-order valence-corrected chi connectivity index (χ2v) is 10.4. The molecule has 4 aromatic rings. The highest BCUT2D eigenvalue weighted by Gasteiger charge is 2.18. The van der Waals surface area contributed by atoms with Crippen LogP contribution in [-0.2, 0) is 16.4 Å². The quantitative estimate of drug-likeness (QED) is 0.323. The average molecular weight is 484 g/mol. The molecule has 0 bridgehead atoms. The number of hydrogen-bond donors (Lipinski definition) is 2. The largest absolute Gasteiger partial charge is 0.358 e. The zero-order chi connectivity index (χ0) is 23.6. The molecule has 2 heterocycles. The Morgan fingerprint density at radius 1 is 1.12 bits per heavy atom. The lowest BCUT2D eigenvalue weighted by Crippen LogP contribution is -2.32. The molecule has 4 rings (SSSR count). The molecule has 0 radical (unpaired) electrons. The normalized spacial score (nSPS) is 11.8. The van der Waals surface area contributed by atoms with E-state index >= 15 is 0 Å². The first-order chi connectivity index (χ1) is 15.8. The summed E-state index contributed by atoms with van der Waals surface area (Å²) in [4.78, 5) is 20.6. The summed E-state index contributed by atoms with van der Waals surface area (Å²) in [5, 5.41) is 3.36. The zero-order valence-electron chi connectivity index (χ0n) is 18.6. The number of carbonyl (C=O) groups is 1. The molecule has 0 atom stereocenters. The van der Waals surface area contributed by atoms with Crippen LogP contribution < -0.4 is 4.72 Å². The van der Waals surface area contributed by atoms with Gasteiger partial charge in [0, 0.05) is 45.6 Å². The summed E-state index contributed by atoms with van der Waals surface area (Å²) in [6.07, 6.45) is 4.53. The number of aryl methyl sites for hydroxylation is 1. The van der Waals surface area contributed by atoms with Crippen molar-refractivity contribution in [2.75, 3.05) is 5.75 Å².